The Bertz CT molecular complexity index is 599. The van der Waals surface area contributed by atoms with Crippen molar-refractivity contribution < 1.29 is 14.0 Å². The van der Waals surface area contributed by atoms with Crippen LogP contribution in [0.15, 0.2) is 24.3 Å². The average Bonchev–Trinajstić information content (AvgIpc) is 2.35. The van der Waals surface area contributed by atoms with E-state index in [1.165, 1.54) is 12.1 Å². The minimum Gasteiger partial charge on any atom is -0.274 e. The van der Waals surface area contributed by atoms with Crippen molar-refractivity contribution in [1.82, 2.24) is 10.5 Å². The Labute approximate surface area is 104 Å². The highest BCUT2D eigenvalue weighted by atomic mass is 19.1. The number of fused-ring (bicyclic) bond motifs is 1. The first kappa shape index (κ1) is 12.4. The number of carbonyl (C=O) groups is 1. The highest BCUT2D eigenvalue weighted by Crippen LogP contribution is 2.17. The van der Waals surface area contributed by atoms with E-state index >= 15 is 0 Å². The van der Waals surface area contributed by atoms with Gasteiger partial charge in [0, 0.05) is 11.5 Å². The number of hydroxylamine groups is 1. The third kappa shape index (κ3) is 2.46. The van der Waals surface area contributed by atoms with E-state index in [0.29, 0.717) is 28.8 Å². The number of aromatic nitrogens is 1. The lowest BCUT2D eigenvalue weighted by atomic mass is 10.1. The van der Waals surface area contributed by atoms with Crippen LogP contribution in [-0.4, -0.2) is 17.5 Å². The molecule has 0 radical (unpaired) electrons. The number of hydrogen-bond acceptors (Lipinski definition) is 3. The van der Waals surface area contributed by atoms with E-state index in [4.69, 9.17) is 4.84 Å². The van der Waals surface area contributed by atoms with E-state index < -0.39 is 0 Å². The minimum absolute atomic E-state index is 0.346. The summed E-state index contributed by atoms with van der Waals surface area (Å²) >= 11 is 0. The summed E-state index contributed by atoms with van der Waals surface area (Å²) in [5.74, 6) is -0.700. The van der Waals surface area contributed by atoms with Gasteiger partial charge in [-0.05, 0) is 32.0 Å². The molecule has 0 atom stereocenters. The molecule has 94 valence electrons. The van der Waals surface area contributed by atoms with Gasteiger partial charge in [-0.25, -0.2) is 9.87 Å². The molecule has 0 saturated carbocycles. The SMILES string of the molecule is CCONC(=O)c1cc2ccc(F)cc2nc1C. The molecule has 1 aromatic heterocycles. The first-order valence-electron chi connectivity index (χ1n) is 5.61. The molecule has 2 aromatic rings. The monoisotopic (exact) mass is 248 g/mol. The number of pyridine rings is 1. The van der Waals surface area contributed by atoms with Crippen LogP contribution in [0.4, 0.5) is 4.39 Å². The Morgan fingerprint density at radius 1 is 1.44 bits per heavy atom. The fraction of sp³-hybridized carbons (Fsp3) is 0.231. The average molecular weight is 248 g/mol. The van der Waals surface area contributed by atoms with E-state index in [1.807, 2.05) is 0 Å². The van der Waals surface area contributed by atoms with Gasteiger partial charge in [0.2, 0.25) is 0 Å². The topological polar surface area (TPSA) is 51.2 Å². The summed E-state index contributed by atoms with van der Waals surface area (Å²) in [6.45, 7) is 3.86. The molecule has 0 saturated heterocycles. The van der Waals surface area contributed by atoms with Gasteiger partial charge in [0.05, 0.1) is 23.4 Å². The van der Waals surface area contributed by atoms with Crippen molar-refractivity contribution in [2.24, 2.45) is 0 Å². The molecule has 0 aliphatic heterocycles. The molecule has 0 aliphatic carbocycles. The van der Waals surface area contributed by atoms with Gasteiger partial charge in [-0.15, -0.1) is 0 Å². The molecule has 0 bridgehead atoms. The number of halogens is 1. The first-order valence-corrected chi connectivity index (χ1v) is 5.61. The summed E-state index contributed by atoms with van der Waals surface area (Å²) in [5, 5.41) is 0.712. The lowest BCUT2D eigenvalue weighted by molar-refractivity contribution is 0.0364. The molecule has 0 aliphatic rings. The molecule has 0 fully saturated rings. The number of hydrogen-bond donors (Lipinski definition) is 1. The zero-order chi connectivity index (χ0) is 13.1. The van der Waals surface area contributed by atoms with Gasteiger partial charge in [0.1, 0.15) is 5.82 Å². The highest BCUT2D eigenvalue weighted by Gasteiger charge is 2.11. The lowest BCUT2D eigenvalue weighted by Gasteiger charge is -2.08. The number of aryl methyl sites for hydroxylation is 1. The van der Waals surface area contributed by atoms with Crippen molar-refractivity contribution in [2.45, 2.75) is 13.8 Å². The summed E-state index contributed by atoms with van der Waals surface area (Å²) < 4.78 is 13.1. The van der Waals surface area contributed by atoms with E-state index in [1.54, 1.807) is 26.0 Å². The van der Waals surface area contributed by atoms with Crippen molar-refractivity contribution in [3.63, 3.8) is 0 Å². The van der Waals surface area contributed by atoms with Crippen molar-refractivity contribution in [2.75, 3.05) is 6.61 Å². The first-order chi connectivity index (χ1) is 8.61. The van der Waals surface area contributed by atoms with Crippen LogP contribution in [0, 0.1) is 12.7 Å². The Balaban J connectivity index is 2.43. The molecule has 0 spiro atoms. The van der Waals surface area contributed by atoms with Crippen LogP contribution in [0.5, 0.6) is 0 Å². The molecule has 0 unspecified atom stereocenters. The third-order valence-electron chi connectivity index (χ3n) is 2.52. The number of benzene rings is 1. The summed E-state index contributed by atoms with van der Waals surface area (Å²) in [6, 6.07) is 5.94. The van der Waals surface area contributed by atoms with Crippen molar-refractivity contribution in [3.05, 3.63) is 41.3 Å². The summed E-state index contributed by atoms with van der Waals surface area (Å²) in [5.41, 5.74) is 3.79. The van der Waals surface area contributed by atoms with E-state index in [9.17, 15) is 9.18 Å². The fourth-order valence-corrected chi connectivity index (χ4v) is 1.66. The Morgan fingerprint density at radius 2 is 2.22 bits per heavy atom. The Morgan fingerprint density at radius 3 is 2.94 bits per heavy atom. The maximum absolute atomic E-state index is 13.1. The van der Waals surface area contributed by atoms with Crippen LogP contribution < -0.4 is 5.48 Å². The van der Waals surface area contributed by atoms with Gasteiger partial charge < -0.3 is 0 Å². The largest absolute Gasteiger partial charge is 0.276 e. The second-order valence-corrected chi connectivity index (χ2v) is 3.82. The van der Waals surface area contributed by atoms with E-state index in [2.05, 4.69) is 10.5 Å². The van der Waals surface area contributed by atoms with Crippen LogP contribution in [0.1, 0.15) is 23.0 Å². The van der Waals surface area contributed by atoms with Gasteiger partial charge in [-0.2, -0.15) is 0 Å². The van der Waals surface area contributed by atoms with Gasteiger partial charge >= 0.3 is 0 Å². The number of rotatable bonds is 3. The summed E-state index contributed by atoms with van der Waals surface area (Å²) in [6.07, 6.45) is 0. The standard InChI is InChI=1S/C13H13FN2O2/c1-3-18-16-13(17)11-6-9-4-5-10(14)7-12(9)15-8(11)2/h4-7H,3H2,1-2H3,(H,16,17). The normalized spacial score (nSPS) is 10.6. The zero-order valence-electron chi connectivity index (χ0n) is 10.2. The zero-order valence-corrected chi connectivity index (χ0v) is 10.2. The maximum Gasteiger partial charge on any atom is 0.276 e. The highest BCUT2D eigenvalue weighted by molar-refractivity contribution is 5.98. The molecule has 1 heterocycles. The van der Waals surface area contributed by atoms with Gasteiger partial charge in [-0.1, -0.05) is 0 Å². The lowest BCUT2D eigenvalue weighted by Crippen LogP contribution is -2.24. The van der Waals surface area contributed by atoms with Crippen LogP contribution in [0.25, 0.3) is 10.9 Å². The van der Waals surface area contributed by atoms with Crippen LogP contribution in [0.2, 0.25) is 0 Å². The predicted molar refractivity (Wildman–Crippen MR) is 65.5 cm³/mol. The number of carbonyl (C=O) groups excluding carboxylic acids is 1. The maximum atomic E-state index is 13.1. The van der Waals surface area contributed by atoms with Crippen molar-refractivity contribution >= 4 is 16.8 Å². The van der Waals surface area contributed by atoms with E-state index in [-0.39, 0.29) is 11.7 Å². The van der Waals surface area contributed by atoms with Crippen LogP contribution in [0.3, 0.4) is 0 Å². The van der Waals surface area contributed by atoms with Gasteiger partial charge in [-0.3, -0.25) is 14.6 Å². The molecule has 1 N–H and O–H groups in total. The van der Waals surface area contributed by atoms with Gasteiger partial charge in [0.15, 0.2) is 0 Å². The predicted octanol–water partition coefficient (Wildman–Crippen LogP) is 2.36. The summed E-state index contributed by atoms with van der Waals surface area (Å²) in [7, 11) is 0. The quantitative estimate of drug-likeness (QED) is 0.848. The molecular formula is C13H13FN2O2. The Hall–Kier alpha value is -2.01. The Kier molecular flexibility index (Phi) is 3.53. The van der Waals surface area contributed by atoms with Crippen molar-refractivity contribution in [3.8, 4) is 0 Å². The summed E-state index contributed by atoms with van der Waals surface area (Å²) in [4.78, 5) is 20.8. The second-order valence-electron chi connectivity index (χ2n) is 3.82. The molecular weight excluding hydrogens is 235 g/mol. The van der Waals surface area contributed by atoms with Crippen LogP contribution >= 0.6 is 0 Å². The molecule has 2 rings (SSSR count). The smallest absolute Gasteiger partial charge is 0.274 e. The third-order valence-corrected chi connectivity index (χ3v) is 2.52. The second kappa shape index (κ2) is 5.10. The number of nitrogens with one attached hydrogen (secondary N) is 1. The van der Waals surface area contributed by atoms with Crippen LogP contribution in [-0.2, 0) is 4.84 Å². The molecule has 1 amide bonds. The van der Waals surface area contributed by atoms with Gasteiger partial charge in [0.25, 0.3) is 5.91 Å². The van der Waals surface area contributed by atoms with E-state index in [0.717, 1.165) is 0 Å². The minimum atomic E-state index is -0.354. The molecule has 1 aromatic carbocycles. The molecule has 4 nitrogen and oxygen atoms in total. The molecule has 5 heteroatoms. The molecule has 18 heavy (non-hydrogen) atoms. The van der Waals surface area contributed by atoms with Crippen molar-refractivity contribution in [1.29, 1.82) is 0 Å². The number of nitrogens with zero attached hydrogens (tertiary/aromatic N) is 1. The fourth-order valence-electron chi connectivity index (χ4n) is 1.66. The number of amides is 1.